The molecule has 0 aliphatic rings. The number of halogens is 3. The zero-order chi connectivity index (χ0) is 20.1. The lowest BCUT2D eigenvalue weighted by Crippen LogP contribution is -2.30. The van der Waals surface area contributed by atoms with Gasteiger partial charge in [0.25, 0.3) is 5.91 Å². The largest absolute Gasteiger partial charge is 0.493 e. The second-order valence-corrected chi connectivity index (χ2v) is 5.33. The van der Waals surface area contributed by atoms with E-state index in [-0.39, 0.29) is 11.3 Å². The van der Waals surface area contributed by atoms with Crippen molar-refractivity contribution in [3.05, 3.63) is 53.3 Å². The van der Waals surface area contributed by atoms with Crippen LogP contribution in [0.5, 0.6) is 11.5 Å². The fraction of sp³-hybridized carbons (Fsp3) is 0.222. The van der Waals surface area contributed by atoms with Gasteiger partial charge in [0.15, 0.2) is 35.1 Å². The molecule has 1 amide bonds. The van der Waals surface area contributed by atoms with Crippen molar-refractivity contribution >= 4 is 17.6 Å². The van der Waals surface area contributed by atoms with E-state index in [9.17, 15) is 22.8 Å². The zero-order valence-electron chi connectivity index (χ0n) is 14.6. The molecule has 0 saturated heterocycles. The summed E-state index contributed by atoms with van der Waals surface area (Å²) in [6.45, 7) is 1.24. The van der Waals surface area contributed by atoms with Gasteiger partial charge >= 0.3 is 5.97 Å². The van der Waals surface area contributed by atoms with Crippen molar-refractivity contribution in [3.63, 3.8) is 0 Å². The Labute approximate surface area is 152 Å². The molecule has 0 aromatic heterocycles. The number of amides is 1. The molecule has 0 aliphatic carbocycles. The zero-order valence-corrected chi connectivity index (χ0v) is 14.6. The molecule has 2 rings (SSSR count). The van der Waals surface area contributed by atoms with E-state index in [1.54, 1.807) is 0 Å². The van der Waals surface area contributed by atoms with Crippen LogP contribution in [0, 0.1) is 17.5 Å². The minimum Gasteiger partial charge on any atom is -0.493 e. The molecule has 6 nitrogen and oxygen atoms in total. The first-order valence-electron chi connectivity index (χ1n) is 7.65. The van der Waals surface area contributed by atoms with Crippen LogP contribution in [0.15, 0.2) is 30.3 Å². The minimum absolute atomic E-state index is 0.0892. The summed E-state index contributed by atoms with van der Waals surface area (Å²) in [5.41, 5.74) is -0.487. The topological polar surface area (TPSA) is 73.9 Å². The second-order valence-electron chi connectivity index (χ2n) is 5.33. The Balaban J connectivity index is 2.08. The van der Waals surface area contributed by atoms with E-state index in [1.165, 1.54) is 39.3 Å². The second kappa shape index (κ2) is 8.43. The van der Waals surface area contributed by atoms with Gasteiger partial charge in [-0.15, -0.1) is 0 Å². The highest BCUT2D eigenvalue weighted by atomic mass is 19.2. The van der Waals surface area contributed by atoms with Gasteiger partial charge in [0.1, 0.15) is 0 Å². The molecular formula is C18H16F3NO5. The Morgan fingerprint density at radius 3 is 2.26 bits per heavy atom. The predicted octanol–water partition coefficient (Wildman–Crippen LogP) is 3.31. The van der Waals surface area contributed by atoms with Crippen LogP contribution in [0.1, 0.15) is 17.3 Å². The van der Waals surface area contributed by atoms with Gasteiger partial charge in [-0.05, 0) is 37.3 Å². The lowest BCUT2D eigenvalue weighted by atomic mass is 10.2. The molecular weight excluding hydrogens is 367 g/mol. The van der Waals surface area contributed by atoms with Gasteiger partial charge in [0.2, 0.25) is 0 Å². The molecule has 0 unspecified atom stereocenters. The molecule has 1 atom stereocenters. The van der Waals surface area contributed by atoms with E-state index in [0.29, 0.717) is 11.8 Å². The van der Waals surface area contributed by atoms with Crippen LogP contribution < -0.4 is 14.8 Å². The summed E-state index contributed by atoms with van der Waals surface area (Å²) in [5.74, 6) is -5.75. The van der Waals surface area contributed by atoms with Crippen LogP contribution in [0.3, 0.4) is 0 Å². The Morgan fingerprint density at radius 2 is 1.63 bits per heavy atom. The minimum atomic E-state index is -1.72. The molecule has 2 aromatic carbocycles. The summed E-state index contributed by atoms with van der Waals surface area (Å²) >= 11 is 0. The lowest BCUT2D eigenvalue weighted by molar-refractivity contribution is -0.123. The average molecular weight is 383 g/mol. The van der Waals surface area contributed by atoms with E-state index in [2.05, 4.69) is 0 Å². The maximum atomic E-state index is 13.6. The SMILES string of the molecule is COc1ccc(C(=O)O[C@H](C)C(=O)Nc2ccc(F)c(F)c2F)cc1OC. The van der Waals surface area contributed by atoms with E-state index in [1.807, 2.05) is 5.32 Å². The fourth-order valence-corrected chi connectivity index (χ4v) is 2.10. The number of anilines is 1. The third kappa shape index (κ3) is 4.49. The van der Waals surface area contributed by atoms with Crippen LogP contribution in [0.4, 0.5) is 18.9 Å². The Kier molecular flexibility index (Phi) is 6.27. The number of esters is 1. The van der Waals surface area contributed by atoms with Crippen molar-refractivity contribution in [1.29, 1.82) is 0 Å². The van der Waals surface area contributed by atoms with Crippen molar-refractivity contribution in [3.8, 4) is 11.5 Å². The van der Waals surface area contributed by atoms with Crippen LogP contribution >= 0.6 is 0 Å². The standard InChI is InChI=1S/C18H16F3NO5/c1-9(17(23)22-12-6-5-11(19)15(20)16(12)21)27-18(24)10-4-7-13(25-2)14(8-10)26-3/h4-9H,1-3H3,(H,22,23)/t9-/m1/s1. The molecule has 0 radical (unpaired) electrons. The number of ether oxygens (including phenoxy) is 3. The molecule has 2 aromatic rings. The quantitative estimate of drug-likeness (QED) is 0.612. The maximum Gasteiger partial charge on any atom is 0.339 e. The van der Waals surface area contributed by atoms with E-state index < -0.39 is 41.1 Å². The first-order chi connectivity index (χ1) is 12.8. The molecule has 0 spiro atoms. The molecule has 0 heterocycles. The molecule has 0 fully saturated rings. The highest BCUT2D eigenvalue weighted by molar-refractivity contribution is 5.97. The number of benzene rings is 2. The summed E-state index contributed by atoms with van der Waals surface area (Å²) in [4.78, 5) is 24.2. The van der Waals surface area contributed by atoms with Crippen molar-refractivity contribution < 1.29 is 37.0 Å². The van der Waals surface area contributed by atoms with Crippen LogP contribution in [-0.4, -0.2) is 32.2 Å². The molecule has 0 bridgehead atoms. The summed E-state index contributed by atoms with van der Waals surface area (Å²) in [6.07, 6.45) is -1.34. The Hall–Kier alpha value is -3.23. The summed E-state index contributed by atoms with van der Waals surface area (Å²) in [6, 6.07) is 5.77. The van der Waals surface area contributed by atoms with Crippen molar-refractivity contribution in [1.82, 2.24) is 0 Å². The molecule has 0 aliphatic heterocycles. The smallest absolute Gasteiger partial charge is 0.339 e. The average Bonchev–Trinajstić information content (AvgIpc) is 2.67. The third-order valence-corrected chi connectivity index (χ3v) is 3.57. The van der Waals surface area contributed by atoms with Gasteiger partial charge in [0, 0.05) is 0 Å². The Bertz CT molecular complexity index is 872. The van der Waals surface area contributed by atoms with Crippen LogP contribution in [0.2, 0.25) is 0 Å². The monoisotopic (exact) mass is 383 g/mol. The van der Waals surface area contributed by atoms with Crippen LogP contribution in [-0.2, 0) is 9.53 Å². The summed E-state index contributed by atoms with van der Waals surface area (Å²) < 4.78 is 54.8. The number of hydrogen-bond donors (Lipinski definition) is 1. The number of carbonyl (C=O) groups excluding carboxylic acids is 2. The summed E-state index contributed by atoms with van der Waals surface area (Å²) in [7, 11) is 2.82. The van der Waals surface area contributed by atoms with Gasteiger partial charge in [-0.2, -0.15) is 0 Å². The molecule has 9 heteroatoms. The first kappa shape index (κ1) is 20.1. The van der Waals surface area contributed by atoms with Crippen LogP contribution in [0.25, 0.3) is 0 Å². The van der Waals surface area contributed by atoms with Gasteiger partial charge in [-0.1, -0.05) is 0 Å². The molecule has 1 N–H and O–H groups in total. The molecule has 144 valence electrons. The van der Waals surface area contributed by atoms with Gasteiger partial charge in [-0.25, -0.2) is 18.0 Å². The highest BCUT2D eigenvalue weighted by Gasteiger charge is 2.22. The Morgan fingerprint density at radius 1 is 0.963 bits per heavy atom. The van der Waals surface area contributed by atoms with Gasteiger partial charge in [-0.3, -0.25) is 4.79 Å². The van der Waals surface area contributed by atoms with Gasteiger partial charge < -0.3 is 19.5 Å². The lowest BCUT2D eigenvalue weighted by Gasteiger charge is -2.15. The van der Waals surface area contributed by atoms with Crippen molar-refractivity contribution in [2.24, 2.45) is 0 Å². The number of carbonyl (C=O) groups is 2. The van der Waals surface area contributed by atoms with E-state index >= 15 is 0 Å². The van der Waals surface area contributed by atoms with Gasteiger partial charge in [0.05, 0.1) is 25.5 Å². The fourth-order valence-electron chi connectivity index (χ4n) is 2.10. The van der Waals surface area contributed by atoms with Crippen molar-refractivity contribution in [2.75, 3.05) is 19.5 Å². The predicted molar refractivity (Wildman–Crippen MR) is 89.4 cm³/mol. The number of nitrogens with one attached hydrogen (secondary N) is 1. The summed E-state index contributed by atoms with van der Waals surface area (Å²) in [5, 5.41) is 2.03. The van der Waals surface area contributed by atoms with E-state index in [0.717, 1.165) is 6.07 Å². The normalized spacial score (nSPS) is 11.5. The maximum absolute atomic E-state index is 13.6. The van der Waals surface area contributed by atoms with Crippen molar-refractivity contribution in [2.45, 2.75) is 13.0 Å². The van der Waals surface area contributed by atoms with E-state index in [4.69, 9.17) is 14.2 Å². The first-order valence-corrected chi connectivity index (χ1v) is 7.65. The number of methoxy groups -OCH3 is 2. The molecule has 0 saturated carbocycles. The number of rotatable bonds is 6. The third-order valence-electron chi connectivity index (χ3n) is 3.57. The molecule has 27 heavy (non-hydrogen) atoms. The highest BCUT2D eigenvalue weighted by Crippen LogP contribution is 2.28. The number of hydrogen-bond acceptors (Lipinski definition) is 5.